The first-order chi connectivity index (χ1) is 8.27. The van der Waals surface area contributed by atoms with Crippen LogP contribution >= 0.6 is 11.6 Å². The van der Waals surface area contributed by atoms with Crippen LogP contribution in [-0.2, 0) is 6.42 Å². The molecule has 0 fully saturated rings. The Morgan fingerprint density at radius 3 is 2.47 bits per heavy atom. The lowest BCUT2D eigenvalue weighted by atomic mass is 9.96. The van der Waals surface area contributed by atoms with E-state index in [0.717, 1.165) is 28.7 Å². The molecule has 0 saturated carbocycles. The molecule has 0 N–H and O–H groups in total. The second kappa shape index (κ2) is 4.01. The second-order valence-electron chi connectivity index (χ2n) is 4.24. The average Bonchev–Trinajstić information content (AvgIpc) is 2.72. The van der Waals surface area contributed by atoms with Gasteiger partial charge in [-0.15, -0.1) is 0 Å². The molecule has 2 aromatic rings. The van der Waals surface area contributed by atoms with Crippen LogP contribution in [-0.4, -0.2) is 5.78 Å². The largest absolute Gasteiger partial charge is 0.294 e. The zero-order chi connectivity index (χ0) is 11.8. The van der Waals surface area contributed by atoms with Crippen LogP contribution in [0.4, 0.5) is 0 Å². The number of ketones is 1. The molecule has 0 unspecified atom stereocenters. The summed E-state index contributed by atoms with van der Waals surface area (Å²) in [4.78, 5) is 11.9. The summed E-state index contributed by atoms with van der Waals surface area (Å²) in [5, 5.41) is 0.695. The van der Waals surface area contributed by atoms with Gasteiger partial charge in [-0.25, -0.2) is 0 Å². The summed E-state index contributed by atoms with van der Waals surface area (Å²) in [6.07, 6.45) is 1.48. The third-order valence-corrected chi connectivity index (χ3v) is 3.54. The van der Waals surface area contributed by atoms with E-state index in [1.807, 2.05) is 42.5 Å². The van der Waals surface area contributed by atoms with Crippen molar-refractivity contribution in [3.05, 3.63) is 58.6 Å². The Bertz CT molecular complexity index is 602. The Hall–Kier alpha value is -1.60. The summed E-state index contributed by atoms with van der Waals surface area (Å²) in [6.45, 7) is 0. The smallest absolute Gasteiger partial charge is 0.164 e. The monoisotopic (exact) mass is 242 g/mol. The fourth-order valence-electron chi connectivity index (χ4n) is 2.42. The number of halogens is 1. The van der Waals surface area contributed by atoms with Gasteiger partial charge < -0.3 is 0 Å². The first kappa shape index (κ1) is 10.5. The van der Waals surface area contributed by atoms with E-state index in [2.05, 4.69) is 0 Å². The minimum atomic E-state index is 0.232. The molecule has 0 bridgehead atoms. The molecule has 84 valence electrons. The van der Waals surface area contributed by atoms with Gasteiger partial charge in [0.1, 0.15) is 0 Å². The molecule has 17 heavy (non-hydrogen) atoms. The zero-order valence-electron chi connectivity index (χ0n) is 9.24. The summed E-state index contributed by atoms with van der Waals surface area (Å²) in [6, 6.07) is 13.7. The third kappa shape index (κ3) is 1.67. The number of benzene rings is 2. The maximum absolute atomic E-state index is 11.9. The summed E-state index contributed by atoms with van der Waals surface area (Å²) >= 11 is 6.20. The van der Waals surface area contributed by atoms with Crippen LogP contribution < -0.4 is 0 Å². The Morgan fingerprint density at radius 2 is 1.65 bits per heavy atom. The zero-order valence-corrected chi connectivity index (χ0v) is 10.00. The quantitative estimate of drug-likeness (QED) is 0.735. The van der Waals surface area contributed by atoms with Crippen molar-refractivity contribution in [2.75, 3.05) is 0 Å². The normalized spacial score (nSPS) is 13.8. The predicted octanol–water partition coefficient (Wildman–Crippen LogP) is 4.14. The Morgan fingerprint density at radius 1 is 0.882 bits per heavy atom. The van der Waals surface area contributed by atoms with Crippen LogP contribution in [0.3, 0.4) is 0 Å². The summed E-state index contributed by atoms with van der Waals surface area (Å²) in [5.41, 5.74) is 3.92. The van der Waals surface area contributed by atoms with Crippen molar-refractivity contribution >= 4 is 17.4 Å². The summed E-state index contributed by atoms with van der Waals surface area (Å²) in [5.74, 6) is 0.232. The number of rotatable bonds is 1. The van der Waals surface area contributed by atoms with E-state index in [4.69, 9.17) is 11.6 Å². The first-order valence-electron chi connectivity index (χ1n) is 5.67. The lowest BCUT2D eigenvalue weighted by molar-refractivity contribution is 0.0995. The van der Waals surface area contributed by atoms with Crippen molar-refractivity contribution in [2.45, 2.75) is 12.8 Å². The number of aryl methyl sites for hydroxylation is 1. The van der Waals surface area contributed by atoms with Gasteiger partial charge >= 0.3 is 0 Å². The molecule has 1 aliphatic carbocycles. The fraction of sp³-hybridized carbons (Fsp3) is 0.133. The molecular formula is C15H11ClO. The van der Waals surface area contributed by atoms with Crippen molar-refractivity contribution in [3.8, 4) is 11.1 Å². The van der Waals surface area contributed by atoms with Crippen LogP contribution in [0.5, 0.6) is 0 Å². The van der Waals surface area contributed by atoms with E-state index >= 15 is 0 Å². The molecule has 0 spiro atoms. The van der Waals surface area contributed by atoms with E-state index in [1.165, 1.54) is 0 Å². The van der Waals surface area contributed by atoms with Gasteiger partial charge in [0, 0.05) is 22.6 Å². The fourth-order valence-corrected chi connectivity index (χ4v) is 2.65. The molecule has 2 heteroatoms. The van der Waals surface area contributed by atoms with Crippen LogP contribution in [0, 0.1) is 0 Å². The van der Waals surface area contributed by atoms with Gasteiger partial charge in [-0.1, -0.05) is 48.0 Å². The topological polar surface area (TPSA) is 17.1 Å². The van der Waals surface area contributed by atoms with Crippen molar-refractivity contribution < 1.29 is 4.79 Å². The van der Waals surface area contributed by atoms with Gasteiger partial charge in [-0.2, -0.15) is 0 Å². The standard InChI is InChI=1S/C15H11ClO/c16-13-7-2-1-5-11(13)12-6-3-4-10-8-9-14(17)15(10)12/h1-7H,8-9H2. The molecular weight excluding hydrogens is 232 g/mol. The molecule has 0 aromatic heterocycles. The Labute approximate surface area is 105 Å². The molecule has 0 saturated heterocycles. The maximum Gasteiger partial charge on any atom is 0.164 e. The molecule has 0 amide bonds. The first-order valence-corrected chi connectivity index (χ1v) is 6.05. The lowest BCUT2D eigenvalue weighted by Crippen LogP contribution is -1.95. The SMILES string of the molecule is O=C1CCc2cccc(-c3ccccc3Cl)c21. The highest BCUT2D eigenvalue weighted by Crippen LogP contribution is 2.35. The van der Waals surface area contributed by atoms with E-state index in [9.17, 15) is 4.79 Å². The molecule has 0 atom stereocenters. The van der Waals surface area contributed by atoms with Gasteiger partial charge in [0.15, 0.2) is 5.78 Å². The van der Waals surface area contributed by atoms with E-state index in [-0.39, 0.29) is 5.78 Å². The third-order valence-electron chi connectivity index (χ3n) is 3.22. The van der Waals surface area contributed by atoms with Crippen LogP contribution in [0.15, 0.2) is 42.5 Å². The summed E-state index contributed by atoms with van der Waals surface area (Å²) in [7, 11) is 0. The predicted molar refractivity (Wildman–Crippen MR) is 69.5 cm³/mol. The molecule has 3 rings (SSSR count). The Kier molecular flexibility index (Phi) is 2.49. The number of carbonyl (C=O) groups excluding carboxylic acids is 1. The highest BCUT2D eigenvalue weighted by atomic mass is 35.5. The second-order valence-corrected chi connectivity index (χ2v) is 4.65. The summed E-state index contributed by atoms with van der Waals surface area (Å²) < 4.78 is 0. The average molecular weight is 243 g/mol. The van der Waals surface area contributed by atoms with Crippen LogP contribution in [0.1, 0.15) is 22.3 Å². The number of Topliss-reactive ketones (excluding diaryl/α,β-unsaturated/α-hetero) is 1. The van der Waals surface area contributed by atoms with Gasteiger partial charge in [-0.3, -0.25) is 4.79 Å². The van der Waals surface area contributed by atoms with Gasteiger partial charge in [-0.05, 0) is 23.6 Å². The van der Waals surface area contributed by atoms with E-state index < -0.39 is 0 Å². The van der Waals surface area contributed by atoms with Crippen LogP contribution in [0.2, 0.25) is 5.02 Å². The van der Waals surface area contributed by atoms with Gasteiger partial charge in [0.05, 0.1) is 0 Å². The molecule has 0 radical (unpaired) electrons. The number of hydrogen-bond donors (Lipinski definition) is 0. The molecule has 1 aliphatic rings. The van der Waals surface area contributed by atoms with Crippen molar-refractivity contribution in [1.82, 2.24) is 0 Å². The van der Waals surface area contributed by atoms with E-state index in [0.29, 0.717) is 11.4 Å². The minimum absolute atomic E-state index is 0.232. The molecule has 1 nitrogen and oxygen atoms in total. The van der Waals surface area contributed by atoms with Crippen molar-refractivity contribution in [3.63, 3.8) is 0 Å². The number of hydrogen-bond acceptors (Lipinski definition) is 1. The van der Waals surface area contributed by atoms with Gasteiger partial charge in [0.2, 0.25) is 0 Å². The lowest BCUT2D eigenvalue weighted by Gasteiger charge is -2.09. The molecule has 2 aromatic carbocycles. The Balaban J connectivity index is 2.27. The molecule has 0 heterocycles. The highest BCUT2D eigenvalue weighted by molar-refractivity contribution is 6.33. The minimum Gasteiger partial charge on any atom is -0.294 e. The van der Waals surface area contributed by atoms with E-state index in [1.54, 1.807) is 0 Å². The number of fused-ring (bicyclic) bond motifs is 1. The van der Waals surface area contributed by atoms with Gasteiger partial charge in [0.25, 0.3) is 0 Å². The number of carbonyl (C=O) groups is 1. The van der Waals surface area contributed by atoms with Crippen molar-refractivity contribution in [2.24, 2.45) is 0 Å². The van der Waals surface area contributed by atoms with Crippen LogP contribution in [0.25, 0.3) is 11.1 Å². The highest BCUT2D eigenvalue weighted by Gasteiger charge is 2.23. The van der Waals surface area contributed by atoms with Crippen molar-refractivity contribution in [1.29, 1.82) is 0 Å². The molecule has 0 aliphatic heterocycles. The maximum atomic E-state index is 11.9.